The van der Waals surface area contributed by atoms with Gasteiger partial charge in [0.2, 0.25) is 0 Å². The first-order valence-corrected chi connectivity index (χ1v) is 7.90. The fraction of sp³-hybridized carbons (Fsp3) is 1.00. The minimum absolute atomic E-state index is 0.833. The SMILES string of the molecule is CC1CC(C)CC(C2CCCCCC2CN)C1. The summed E-state index contributed by atoms with van der Waals surface area (Å²) in [6.45, 7) is 5.84. The summed E-state index contributed by atoms with van der Waals surface area (Å²) in [5.41, 5.74) is 6.04. The topological polar surface area (TPSA) is 26.0 Å². The van der Waals surface area contributed by atoms with Crippen LogP contribution in [0.3, 0.4) is 0 Å². The monoisotopic (exact) mass is 237 g/mol. The molecule has 0 radical (unpaired) electrons. The molecule has 100 valence electrons. The molecule has 0 heterocycles. The highest BCUT2D eigenvalue weighted by Crippen LogP contribution is 2.43. The van der Waals surface area contributed by atoms with Gasteiger partial charge < -0.3 is 5.73 Å². The Balaban J connectivity index is 2.01. The molecule has 4 atom stereocenters. The summed E-state index contributed by atoms with van der Waals surface area (Å²) >= 11 is 0. The van der Waals surface area contributed by atoms with Crippen molar-refractivity contribution in [2.45, 2.75) is 65.2 Å². The third-order valence-electron chi connectivity index (χ3n) is 5.34. The van der Waals surface area contributed by atoms with Crippen molar-refractivity contribution in [3.8, 4) is 0 Å². The Morgan fingerprint density at radius 1 is 0.882 bits per heavy atom. The van der Waals surface area contributed by atoms with Gasteiger partial charge in [-0.3, -0.25) is 0 Å². The number of hydrogen-bond acceptors (Lipinski definition) is 1. The third kappa shape index (κ3) is 3.47. The van der Waals surface area contributed by atoms with E-state index in [4.69, 9.17) is 5.73 Å². The first kappa shape index (κ1) is 13.4. The molecule has 0 saturated heterocycles. The molecule has 2 rings (SSSR count). The van der Waals surface area contributed by atoms with Crippen LogP contribution in [0.5, 0.6) is 0 Å². The van der Waals surface area contributed by atoms with E-state index in [2.05, 4.69) is 13.8 Å². The lowest BCUT2D eigenvalue weighted by molar-refractivity contribution is 0.116. The van der Waals surface area contributed by atoms with Gasteiger partial charge in [0.1, 0.15) is 0 Å². The Labute approximate surface area is 108 Å². The lowest BCUT2D eigenvalue weighted by atomic mass is 9.67. The molecule has 17 heavy (non-hydrogen) atoms. The Bertz CT molecular complexity index is 216. The molecular weight excluding hydrogens is 206 g/mol. The highest BCUT2D eigenvalue weighted by molar-refractivity contribution is 4.85. The Morgan fingerprint density at radius 2 is 1.53 bits per heavy atom. The predicted octanol–water partition coefficient (Wildman–Crippen LogP) is 4.21. The summed E-state index contributed by atoms with van der Waals surface area (Å²) in [5, 5.41) is 0. The molecule has 0 aromatic rings. The zero-order valence-corrected chi connectivity index (χ0v) is 11.8. The maximum absolute atomic E-state index is 6.04. The summed E-state index contributed by atoms with van der Waals surface area (Å²) in [6.07, 6.45) is 11.6. The van der Waals surface area contributed by atoms with Gasteiger partial charge in [-0.25, -0.2) is 0 Å². The van der Waals surface area contributed by atoms with Crippen molar-refractivity contribution in [3.63, 3.8) is 0 Å². The van der Waals surface area contributed by atoms with Gasteiger partial charge in [0.05, 0.1) is 0 Å². The molecule has 1 heteroatoms. The standard InChI is InChI=1S/C16H31N/c1-12-8-13(2)10-15(9-12)16-7-5-3-4-6-14(16)11-17/h12-16H,3-11,17H2,1-2H3. The highest BCUT2D eigenvalue weighted by atomic mass is 14.6. The van der Waals surface area contributed by atoms with Gasteiger partial charge in [0.25, 0.3) is 0 Å². The van der Waals surface area contributed by atoms with Crippen LogP contribution in [0.2, 0.25) is 0 Å². The van der Waals surface area contributed by atoms with E-state index in [0.717, 1.165) is 36.1 Å². The first-order valence-electron chi connectivity index (χ1n) is 7.90. The van der Waals surface area contributed by atoms with E-state index in [0.29, 0.717) is 0 Å². The quantitative estimate of drug-likeness (QED) is 0.715. The van der Waals surface area contributed by atoms with Crippen LogP contribution in [0.1, 0.15) is 65.2 Å². The van der Waals surface area contributed by atoms with Gasteiger partial charge in [0, 0.05) is 0 Å². The third-order valence-corrected chi connectivity index (χ3v) is 5.34. The van der Waals surface area contributed by atoms with Gasteiger partial charge in [-0.1, -0.05) is 33.1 Å². The first-order chi connectivity index (χ1) is 8.20. The molecular formula is C16H31N. The summed E-state index contributed by atoms with van der Waals surface area (Å²) in [4.78, 5) is 0. The van der Waals surface area contributed by atoms with E-state index < -0.39 is 0 Å². The number of rotatable bonds is 2. The van der Waals surface area contributed by atoms with Crippen LogP contribution in [0, 0.1) is 29.6 Å². The van der Waals surface area contributed by atoms with Gasteiger partial charge in [0.15, 0.2) is 0 Å². The van der Waals surface area contributed by atoms with Crippen molar-refractivity contribution in [3.05, 3.63) is 0 Å². The largest absolute Gasteiger partial charge is 0.330 e. The van der Waals surface area contributed by atoms with Crippen LogP contribution in [0.15, 0.2) is 0 Å². The van der Waals surface area contributed by atoms with Crippen molar-refractivity contribution in [2.75, 3.05) is 6.54 Å². The summed E-state index contributed by atoms with van der Waals surface area (Å²) in [6, 6.07) is 0. The van der Waals surface area contributed by atoms with Crippen molar-refractivity contribution in [1.29, 1.82) is 0 Å². The molecule has 2 aliphatic carbocycles. The molecule has 1 nitrogen and oxygen atoms in total. The minimum Gasteiger partial charge on any atom is -0.330 e. The molecule has 2 saturated carbocycles. The lowest BCUT2D eigenvalue weighted by Gasteiger charge is -2.39. The van der Waals surface area contributed by atoms with Gasteiger partial charge >= 0.3 is 0 Å². The molecule has 0 aromatic heterocycles. The predicted molar refractivity (Wildman–Crippen MR) is 74.8 cm³/mol. The summed E-state index contributed by atoms with van der Waals surface area (Å²) < 4.78 is 0. The molecule has 0 bridgehead atoms. The Hall–Kier alpha value is -0.0400. The zero-order chi connectivity index (χ0) is 12.3. The summed E-state index contributed by atoms with van der Waals surface area (Å²) in [7, 11) is 0. The molecule has 0 aliphatic heterocycles. The van der Waals surface area contributed by atoms with E-state index >= 15 is 0 Å². The van der Waals surface area contributed by atoms with Gasteiger partial charge in [-0.2, -0.15) is 0 Å². The smallest absolute Gasteiger partial charge is 0.00461 e. The van der Waals surface area contributed by atoms with Crippen molar-refractivity contribution in [1.82, 2.24) is 0 Å². The number of nitrogens with two attached hydrogens (primary N) is 1. The fourth-order valence-corrected chi connectivity index (χ4v) is 4.69. The van der Waals surface area contributed by atoms with Crippen LogP contribution in [-0.2, 0) is 0 Å². The van der Waals surface area contributed by atoms with Gasteiger partial charge in [-0.15, -0.1) is 0 Å². The average molecular weight is 237 g/mol. The van der Waals surface area contributed by atoms with Crippen LogP contribution < -0.4 is 5.73 Å². The normalized spacial score (nSPS) is 44.3. The molecule has 0 amide bonds. The molecule has 4 unspecified atom stereocenters. The molecule has 2 aliphatic rings. The van der Waals surface area contributed by atoms with E-state index in [1.807, 2.05) is 0 Å². The van der Waals surface area contributed by atoms with Gasteiger partial charge in [-0.05, 0) is 68.2 Å². The molecule has 0 spiro atoms. The second-order valence-electron chi connectivity index (χ2n) is 6.98. The van der Waals surface area contributed by atoms with E-state index in [1.165, 1.54) is 51.4 Å². The van der Waals surface area contributed by atoms with E-state index in [9.17, 15) is 0 Å². The fourth-order valence-electron chi connectivity index (χ4n) is 4.69. The maximum Gasteiger partial charge on any atom is -0.00461 e. The van der Waals surface area contributed by atoms with E-state index in [1.54, 1.807) is 0 Å². The molecule has 2 N–H and O–H groups in total. The Kier molecular flexibility index (Phi) is 4.90. The van der Waals surface area contributed by atoms with Crippen molar-refractivity contribution in [2.24, 2.45) is 35.3 Å². The highest BCUT2D eigenvalue weighted by Gasteiger charge is 2.34. The van der Waals surface area contributed by atoms with E-state index in [-0.39, 0.29) is 0 Å². The zero-order valence-electron chi connectivity index (χ0n) is 11.8. The second kappa shape index (κ2) is 6.22. The second-order valence-corrected chi connectivity index (χ2v) is 6.98. The van der Waals surface area contributed by atoms with Crippen LogP contribution in [-0.4, -0.2) is 6.54 Å². The summed E-state index contributed by atoms with van der Waals surface area (Å²) in [5.74, 6) is 4.67. The molecule has 0 aromatic carbocycles. The maximum atomic E-state index is 6.04. The average Bonchev–Trinajstić information content (AvgIpc) is 2.52. The van der Waals surface area contributed by atoms with Crippen molar-refractivity contribution < 1.29 is 0 Å². The number of hydrogen-bond donors (Lipinski definition) is 1. The minimum atomic E-state index is 0.833. The van der Waals surface area contributed by atoms with Crippen molar-refractivity contribution >= 4 is 0 Å². The molecule has 2 fully saturated rings. The lowest BCUT2D eigenvalue weighted by Crippen LogP contribution is -2.33. The van der Waals surface area contributed by atoms with Crippen LogP contribution >= 0.6 is 0 Å². The van der Waals surface area contributed by atoms with Crippen LogP contribution in [0.25, 0.3) is 0 Å². The Morgan fingerprint density at radius 3 is 2.18 bits per heavy atom. The van der Waals surface area contributed by atoms with Crippen LogP contribution in [0.4, 0.5) is 0 Å².